The van der Waals surface area contributed by atoms with E-state index >= 15 is 0 Å². The highest BCUT2D eigenvalue weighted by Crippen LogP contribution is 2.33. The van der Waals surface area contributed by atoms with Crippen molar-refractivity contribution in [1.82, 2.24) is 9.78 Å². The van der Waals surface area contributed by atoms with E-state index in [0.29, 0.717) is 23.6 Å². The topological polar surface area (TPSA) is 56.5 Å². The Labute approximate surface area is 118 Å². The van der Waals surface area contributed by atoms with Crippen molar-refractivity contribution in [3.63, 3.8) is 0 Å². The molecule has 0 spiro atoms. The molecule has 5 nitrogen and oxygen atoms in total. The first-order valence-corrected chi connectivity index (χ1v) is 6.55. The third-order valence-electron chi connectivity index (χ3n) is 3.24. The fraction of sp³-hybridized carbons (Fsp3) is 0.400. The number of aliphatic hydroxyl groups excluding tert-OH is 1. The first-order valence-electron chi connectivity index (χ1n) is 6.55. The molecule has 2 aromatic rings. The number of benzene rings is 1. The fourth-order valence-corrected chi connectivity index (χ4v) is 2.25. The number of aryl methyl sites for hydroxylation is 2. The summed E-state index contributed by atoms with van der Waals surface area (Å²) in [7, 11) is 3.18. The maximum absolute atomic E-state index is 10.7. The van der Waals surface area contributed by atoms with Crippen molar-refractivity contribution in [2.75, 3.05) is 14.2 Å². The van der Waals surface area contributed by atoms with Gasteiger partial charge in [-0.15, -0.1) is 0 Å². The van der Waals surface area contributed by atoms with Gasteiger partial charge in [0.05, 0.1) is 25.6 Å². The minimum atomic E-state index is -0.804. The van der Waals surface area contributed by atoms with Crippen molar-refractivity contribution in [2.45, 2.75) is 26.5 Å². The Hall–Kier alpha value is -2.01. The van der Waals surface area contributed by atoms with Crippen molar-refractivity contribution >= 4 is 0 Å². The Kier molecular flexibility index (Phi) is 4.29. The van der Waals surface area contributed by atoms with Gasteiger partial charge in [-0.1, -0.05) is 0 Å². The smallest absolute Gasteiger partial charge is 0.125 e. The molecule has 1 atom stereocenters. The number of hydrogen-bond acceptors (Lipinski definition) is 4. The normalized spacial score (nSPS) is 12.2. The van der Waals surface area contributed by atoms with Crippen LogP contribution in [-0.2, 0) is 6.54 Å². The molecule has 1 aromatic carbocycles. The summed E-state index contributed by atoms with van der Waals surface area (Å²) in [6.45, 7) is 4.60. The summed E-state index contributed by atoms with van der Waals surface area (Å²) in [6, 6.07) is 7.26. The average Bonchev–Trinajstić information content (AvgIpc) is 2.86. The fourth-order valence-electron chi connectivity index (χ4n) is 2.25. The molecule has 0 radical (unpaired) electrons. The Bertz CT molecular complexity index is 593. The number of rotatable bonds is 5. The monoisotopic (exact) mass is 276 g/mol. The molecule has 0 saturated heterocycles. The van der Waals surface area contributed by atoms with E-state index in [1.807, 2.05) is 19.9 Å². The highest BCUT2D eigenvalue weighted by atomic mass is 16.5. The number of aliphatic hydroxyl groups is 1. The highest BCUT2D eigenvalue weighted by Gasteiger charge is 2.20. The van der Waals surface area contributed by atoms with Crippen molar-refractivity contribution in [2.24, 2.45) is 0 Å². The summed E-state index contributed by atoms with van der Waals surface area (Å²) < 4.78 is 12.3. The van der Waals surface area contributed by atoms with E-state index in [1.165, 1.54) is 0 Å². The Morgan fingerprint density at radius 3 is 2.60 bits per heavy atom. The third kappa shape index (κ3) is 2.63. The second-order valence-electron chi connectivity index (χ2n) is 4.54. The molecule has 1 unspecified atom stereocenters. The summed E-state index contributed by atoms with van der Waals surface area (Å²) >= 11 is 0. The highest BCUT2D eigenvalue weighted by molar-refractivity contribution is 5.44. The van der Waals surface area contributed by atoms with E-state index in [9.17, 15) is 5.11 Å². The van der Waals surface area contributed by atoms with E-state index in [0.717, 1.165) is 11.4 Å². The molecule has 0 saturated carbocycles. The molecule has 1 aromatic heterocycles. The molecule has 1 heterocycles. The van der Waals surface area contributed by atoms with Crippen LogP contribution in [0, 0.1) is 6.92 Å². The largest absolute Gasteiger partial charge is 0.497 e. The lowest BCUT2D eigenvalue weighted by Gasteiger charge is -2.16. The maximum atomic E-state index is 10.7. The summed E-state index contributed by atoms with van der Waals surface area (Å²) in [5.41, 5.74) is 2.29. The summed E-state index contributed by atoms with van der Waals surface area (Å²) in [5, 5.41) is 15.0. The van der Waals surface area contributed by atoms with E-state index in [2.05, 4.69) is 5.10 Å². The van der Waals surface area contributed by atoms with Gasteiger partial charge in [0.1, 0.15) is 17.6 Å². The molecule has 0 bridgehead atoms. The zero-order chi connectivity index (χ0) is 14.7. The summed E-state index contributed by atoms with van der Waals surface area (Å²) in [5.74, 6) is 1.30. The maximum Gasteiger partial charge on any atom is 0.125 e. The SMILES string of the molecule is CCn1nc(C)cc1C(O)c1cc(OC)ccc1OC. The van der Waals surface area contributed by atoms with Gasteiger partial charge in [-0.05, 0) is 38.1 Å². The summed E-state index contributed by atoms with van der Waals surface area (Å²) in [4.78, 5) is 0. The minimum absolute atomic E-state index is 0.625. The molecule has 20 heavy (non-hydrogen) atoms. The third-order valence-corrected chi connectivity index (χ3v) is 3.24. The van der Waals surface area contributed by atoms with Gasteiger partial charge in [0.2, 0.25) is 0 Å². The van der Waals surface area contributed by atoms with Crippen molar-refractivity contribution < 1.29 is 14.6 Å². The predicted molar refractivity (Wildman–Crippen MR) is 76.2 cm³/mol. The average molecular weight is 276 g/mol. The second-order valence-corrected chi connectivity index (χ2v) is 4.54. The molecule has 2 rings (SSSR count). The van der Waals surface area contributed by atoms with Gasteiger partial charge in [-0.3, -0.25) is 4.68 Å². The van der Waals surface area contributed by atoms with Gasteiger partial charge in [0.15, 0.2) is 0 Å². The van der Waals surface area contributed by atoms with Crippen molar-refractivity contribution in [3.05, 3.63) is 41.2 Å². The molecular formula is C15H20N2O3. The Balaban J connectivity index is 2.48. The van der Waals surface area contributed by atoms with Crippen LogP contribution in [0.5, 0.6) is 11.5 Å². The van der Waals surface area contributed by atoms with Crippen LogP contribution in [0.3, 0.4) is 0 Å². The molecule has 108 valence electrons. The lowest BCUT2D eigenvalue weighted by molar-refractivity contribution is 0.202. The molecule has 0 aliphatic carbocycles. The van der Waals surface area contributed by atoms with Crippen LogP contribution in [0.4, 0.5) is 0 Å². The zero-order valence-electron chi connectivity index (χ0n) is 12.3. The molecule has 0 fully saturated rings. The Morgan fingerprint density at radius 1 is 1.25 bits per heavy atom. The van der Waals surface area contributed by atoms with Crippen LogP contribution >= 0.6 is 0 Å². The number of hydrogen-bond donors (Lipinski definition) is 1. The van der Waals surface area contributed by atoms with Crippen LogP contribution in [0.15, 0.2) is 24.3 Å². The van der Waals surface area contributed by atoms with Crippen molar-refractivity contribution in [3.8, 4) is 11.5 Å². The van der Waals surface area contributed by atoms with Gasteiger partial charge >= 0.3 is 0 Å². The minimum Gasteiger partial charge on any atom is -0.497 e. The van der Waals surface area contributed by atoms with Gasteiger partial charge < -0.3 is 14.6 Å². The molecule has 0 aliphatic rings. The molecule has 5 heteroatoms. The quantitative estimate of drug-likeness (QED) is 0.910. The van der Waals surface area contributed by atoms with Crippen LogP contribution in [0.1, 0.15) is 30.0 Å². The van der Waals surface area contributed by atoms with Crippen LogP contribution < -0.4 is 9.47 Å². The van der Waals surface area contributed by atoms with Gasteiger partial charge in [0, 0.05) is 12.1 Å². The molecule has 0 amide bonds. The molecule has 1 N–H and O–H groups in total. The van der Waals surface area contributed by atoms with Crippen LogP contribution in [0.2, 0.25) is 0 Å². The van der Waals surface area contributed by atoms with E-state index < -0.39 is 6.10 Å². The molecule has 0 aliphatic heterocycles. The van der Waals surface area contributed by atoms with Crippen molar-refractivity contribution in [1.29, 1.82) is 0 Å². The zero-order valence-corrected chi connectivity index (χ0v) is 12.3. The van der Waals surface area contributed by atoms with Gasteiger partial charge in [-0.2, -0.15) is 5.10 Å². The second kappa shape index (κ2) is 5.96. The number of methoxy groups -OCH3 is 2. The lowest BCUT2D eigenvalue weighted by Crippen LogP contribution is -2.10. The number of ether oxygens (including phenoxy) is 2. The molecular weight excluding hydrogens is 256 g/mol. The number of nitrogens with zero attached hydrogens (tertiary/aromatic N) is 2. The van der Waals surface area contributed by atoms with E-state index in [1.54, 1.807) is 37.1 Å². The van der Waals surface area contributed by atoms with Crippen LogP contribution in [-0.4, -0.2) is 29.1 Å². The standard InChI is InChI=1S/C15H20N2O3/c1-5-17-13(8-10(2)16-17)15(18)12-9-11(19-3)6-7-14(12)20-4/h6-9,15,18H,5H2,1-4H3. The lowest BCUT2D eigenvalue weighted by atomic mass is 10.0. The number of aromatic nitrogens is 2. The summed E-state index contributed by atoms with van der Waals surface area (Å²) in [6.07, 6.45) is -0.804. The first-order chi connectivity index (χ1) is 9.60. The van der Waals surface area contributed by atoms with Gasteiger partial charge in [0.25, 0.3) is 0 Å². The first kappa shape index (κ1) is 14.4. The van der Waals surface area contributed by atoms with E-state index in [-0.39, 0.29) is 0 Å². The van der Waals surface area contributed by atoms with Crippen LogP contribution in [0.25, 0.3) is 0 Å². The van der Waals surface area contributed by atoms with E-state index in [4.69, 9.17) is 9.47 Å². The predicted octanol–water partition coefficient (Wildman–Crippen LogP) is 2.31. The van der Waals surface area contributed by atoms with Gasteiger partial charge in [-0.25, -0.2) is 0 Å². The Morgan fingerprint density at radius 2 is 2.00 bits per heavy atom.